The Balaban J connectivity index is 1.54. The van der Waals surface area contributed by atoms with Gasteiger partial charge in [-0.1, -0.05) is 11.6 Å². The van der Waals surface area contributed by atoms with Crippen molar-refractivity contribution in [1.29, 1.82) is 0 Å². The fourth-order valence-corrected chi connectivity index (χ4v) is 5.23. The molecular weight excluding hydrogens is 499 g/mol. The van der Waals surface area contributed by atoms with Crippen LogP contribution in [0.25, 0.3) is 10.9 Å². The number of aromatic nitrogens is 2. The summed E-state index contributed by atoms with van der Waals surface area (Å²) in [7, 11) is -1.03. The van der Waals surface area contributed by atoms with Crippen molar-refractivity contribution < 1.29 is 27.5 Å². The Morgan fingerprint density at radius 1 is 1.26 bits per heavy atom. The van der Waals surface area contributed by atoms with E-state index < -0.39 is 15.5 Å². The monoisotopic (exact) mass is 522 g/mol. The first-order chi connectivity index (χ1) is 16.7. The number of methoxy groups -OCH3 is 1. The van der Waals surface area contributed by atoms with Gasteiger partial charge >= 0.3 is 0 Å². The highest BCUT2D eigenvalue weighted by Gasteiger charge is 2.43. The number of halogens is 2. The molecule has 3 aromatic rings. The third kappa shape index (κ3) is 4.86. The number of fused-ring (bicyclic) bond motifs is 2. The van der Waals surface area contributed by atoms with Gasteiger partial charge in [-0.25, -0.2) is 18.6 Å². The number of hydrogen-bond donors (Lipinski definition) is 1. The molecule has 2 aromatic carbocycles. The average Bonchev–Trinajstić information content (AvgIpc) is 3.40. The summed E-state index contributed by atoms with van der Waals surface area (Å²) in [6.45, 7) is 0.963. The number of anilines is 2. The quantitative estimate of drug-likeness (QED) is 0.505. The summed E-state index contributed by atoms with van der Waals surface area (Å²) in [5.74, 6) is 0.437. The Labute approximate surface area is 207 Å². The fourth-order valence-electron chi connectivity index (χ4n) is 4.26. The molecule has 2 saturated heterocycles. The van der Waals surface area contributed by atoms with Crippen LogP contribution in [0.3, 0.4) is 0 Å². The second-order valence-corrected chi connectivity index (χ2v) is 11.5. The van der Waals surface area contributed by atoms with E-state index in [9.17, 15) is 8.60 Å². The molecule has 0 aliphatic carbocycles. The van der Waals surface area contributed by atoms with Crippen molar-refractivity contribution in [2.24, 2.45) is 4.36 Å². The first-order valence-electron chi connectivity index (χ1n) is 10.9. The van der Waals surface area contributed by atoms with Crippen LogP contribution in [0.2, 0.25) is 5.02 Å². The number of ether oxygens (including phenoxy) is 4. The fraction of sp³-hybridized carbons (Fsp3) is 0.391. The number of rotatable bonds is 6. The minimum atomic E-state index is -2.48. The summed E-state index contributed by atoms with van der Waals surface area (Å²) in [5, 5.41) is 3.85. The van der Waals surface area contributed by atoms with Crippen molar-refractivity contribution in [3.05, 3.63) is 41.4 Å². The second-order valence-electron chi connectivity index (χ2n) is 8.55. The molecule has 12 heteroatoms. The molecule has 5 rings (SSSR count). The van der Waals surface area contributed by atoms with Gasteiger partial charge in [0.05, 0.1) is 41.4 Å². The normalized spacial score (nSPS) is 21.7. The van der Waals surface area contributed by atoms with Gasteiger partial charge < -0.3 is 24.3 Å². The van der Waals surface area contributed by atoms with Crippen LogP contribution in [-0.2, 0) is 19.2 Å². The van der Waals surface area contributed by atoms with E-state index >= 15 is 0 Å². The summed E-state index contributed by atoms with van der Waals surface area (Å²) < 4.78 is 53.8. The third-order valence-corrected chi connectivity index (χ3v) is 6.72. The van der Waals surface area contributed by atoms with E-state index in [-0.39, 0.29) is 34.8 Å². The number of nitrogens with one attached hydrogen (secondary N) is 1. The Morgan fingerprint density at radius 3 is 2.86 bits per heavy atom. The van der Waals surface area contributed by atoms with Crippen LogP contribution in [0, 0.1) is 5.82 Å². The molecule has 2 fully saturated rings. The standard InChI is InChI=1S/C23H24ClFN4O5S/c1-31-21-15(29-35(2,3)30)9-14-19(20(21)24)23(27-11-26-14)28-13-5-4-12(25)8-17(13)34-18-10-33-16-6-7-32-22(16)18/h4-5,8-9,11,16,18,22H,6-7,10H2,1-3H3,(H,26,27,28)/t16-,18-,22+/m1/s1. The lowest BCUT2D eigenvalue weighted by molar-refractivity contribution is 0.0310. The maximum atomic E-state index is 14.2. The molecule has 2 aliphatic rings. The highest BCUT2D eigenvalue weighted by Crippen LogP contribution is 2.44. The second kappa shape index (κ2) is 9.38. The molecule has 0 bridgehead atoms. The molecule has 0 radical (unpaired) electrons. The lowest BCUT2D eigenvalue weighted by atomic mass is 10.1. The molecule has 9 nitrogen and oxygen atoms in total. The minimum absolute atomic E-state index is 0.0115. The van der Waals surface area contributed by atoms with E-state index in [1.54, 1.807) is 12.1 Å². The number of benzene rings is 2. The van der Waals surface area contributed by atoms with E-state index in [0.717, 1.165) is 6.42 Å². The highest BCUT2D eigenvalue weighted by molar-refractivity contribution is 7.92. The van der Waals surface area contributed by atoms with Crippen molar-refractivity contribution in [1.82, 2.24) is 9.97 Å². The molecule has 0 saturated carbocycles. The van der Waals surface area contributed by atoms with E-state index in [2.05, 4.69) is 19.6 Å². The molecule has 186 valence electrons. The van der Waals surface area contributed by atoms with Gasteiger partial charge in [-0.2, -0.15) is 4.36 Å². The first-order valence-corrected chi connectivity index (χ1v) is 13.6. The molecule has 1 N–H and O–H groups in total. The maximum absolute atomic E-state index is 14.2. The SMILES string of the molecule is COc1c(N=S(C)(C)=O)cc2ncnc(Nc3ccc(F)cc3O[C@@H]3CO[C@@H]4CCO[C@@H]43)c2c1Cl. The smallest absolute Gasteiger partial charge is 0.164 e. The zero-order valence-electron chi connectivity index (χ0n) is 19.3. The van der Waals surface area contributed by atoms with Crippen molar-refractivity contribution in [3.63, 3.8) is 0 Å². The van der Waals surface area contributed by atoms with Gasteiger partial charge in [0.1, 0.15) is 35.5 Å². The first kappa shape index (κ1) is 24.0. The Hall–Kier alpha value is -2.73. The summed E-state index contributed by atoms with van der Waals surface area (Å²) in [6, 6.07) is 5.80. The van der Waals surface area contributed by atoms with Crippen LogP contribution in [-0.4, -0.2) is 65.3 Å². The van der Waals surface area contributed by atoms with Gasteiger partial charge in [-0.3, -0.25) is 0 Å². The molecule has 2 aliphatic heterocycles. The van der Waals surface area contributed by atoms with Gasteiger partial charge in [0, 0.05) is 34.9 Å². The van der Waals surface area contributed by atoms with Crippen LogP contribution < -0.4 is 14.8 Å². The van der Waals surface area contributed by atoms with Crippen molar-refractivity contribution in [2.75, 3.05) is 38.2 Å². The minimum Gasteiger partial charge on any atom is -0.493 e. The molecule has 0 spiro atoms. The highest BCUT2D eigenvalue weighted by atomic mass is 35.5. The van der Waals surface area contributed by atoms with E-state index in [1.807, 2.05) is 0 Å². The lowest BCUT2D eigenvalue weighted by Gasteiger charge is -2.21. The van der Waals surface area contributed by atoms with Crippen LogP contribution >= 0.6 is 11.6 Å². The Morgan fingerprint density at radius 2 is 2.09 bits per heavy atom. The summed E-state index contributed by atoms with van der Waals surface area (Å²) in [6.07, 6.45) is 4.63. The zero-order chi connectivity index (χ0) is 24.7. The predicted octanol–water partition coefficient (Wildman–Crippen LogP) is 4.47. The maximum Gasteiger partial charge on any atom is 0.164 e. The zero-order valence-corrected chi connectivity index (χ0v) is 20.9. The van der Waals surface area contributed by atoms with Gasteiger partial charge in [-0.15, -0.1) is 0 Å². The van der Waals surface area contributed by atoms with E-state index in [4.69, 9.17) is 30.5 Å². The number of nitrogens with zero attached hydrogens (tertiary/aromatic N) is 3. The molecule has 35 heavy (non-hydrogen) atoms. The van der Waals surface area contributed by atoms with Gasteiger partial charge in [0.25, 0.3) is 0 Å². The predicted molar refractivity (Wildman–Crippen MR) is 131 cm³/mol. The summed E-state index contributed by atoms with van der Waals surface area (Å²) in [4.78, 5) is 8.64. The average molecular weight is 523 g/mol. The van der Waals surface area contributed by atoms with Crippen LogP contribution in [0.4, 0.5) is 21.6 Å². The van der Waals surface area contributed by atoms with Crippen molar-refractivity contribution in [2.45, 2.75) is 24.7 Å². The lowest BCUT2D eigenvalue weighted by Crippen LogP contribution is -2.32. The molecule has 1 aromatic heterocycles. The van der Waals surface area contributed by atoms with Crippen LogP contribution in [0.1, 0.15) is 6.42 Å². The number of hydrogen-bond acceptors (Lipinski definition) is 9. The van der Waals surface area contributed by atoms with Crippen LogP contribution in [0.5, 0.6) is 11.5 Å². The van der Waals surface area contributed by atoms with Crippen LogP contribution in [0.15, 0.2) is 35.0 Å². The van der Waals surface area contributed by atoms with Gasteiger partial charge in [-0.05, 0) is 24.6 Å². The van der Waals surface area contributed by atoms with Gasteiger partial charge in [0.15, 0.2) is 11.9 Å². The summed E-state index contributed by atoms with van der Waals surface area (Å²) in [5.41, 5.74) is 1.26. The van der Waals surface area contributed by atoms with Crippen molar-refractivity contribution >= 4 is 49.4 Å². The summed E-state index contributed by atoms with van der Waals surface area (Å²) >= 11 is 6.69. The third-order valence-electron chi connectivity index (χ3n) is 5.72. The molecule has 3 heterocycles. The molecule has 0 unspecified atom stereocenters. The Kier molecular flexibility index (Phi) is 6.43. The van der Waals surface area contributed by atoms with Gasteiger partial charge in [0.2, 0.25) is 0 Å². The topological polar surface area (TPSA) is 104 Å². The van der Waals surface area contributed by atoms with Crippen molar-refractivity contribution in [3.8, 4) is 11.5 Å². The largest absolute Gasteiger partial charge is 0.493 e. The molecule has 0 amide bonds. The van der Waals surface area contributed by atoms with E-state index in [1.165, 1.54) is 38.1 Å². The van der Waals surface area contributed by atoms with E-state index in [0.29, 0.717) is 41.3 Å². The Bertz CT molecular complexity index is 1410. The molecule has 3 atom stereocenters. The molecular formula is C23H24ClFN4O5S.